The number of anilines is 2. The molecule has 1 aliphatic rings. The molecule has 1 aromatic carbocycles. The predicted octanol–water partition coefficient (Wildman–Crippen LogP) is 0.991. The fraction of sp³-hybridized carbons (Fsp3) is 0. The molecule has 0 unspecified atom stereocenters. The number of amides is 3. The van der Waals surface area contributed by atoms with E-state index in [1.165, 1.54) is 48.8 Å². The third-order valence-corrected chi connectivity index (χ3v) is 4.68. The number of nitrogens with zero attached hydrogens (tertiary/aromatic N) is 1. The molecule has 3 amide bonds. The van der Waals surface area contributed by atoms with Crippen LogP contribution in [0.3, 0.4) is 0 Å². The Morgan fingerprint density at radius 2 is 1.55 bits per heavy atom. The van der Waals surface area contributed by atoms with Crippen LogP contribution in [0, 0.1) is 0 Å². The predicted molar refractivity (Wildman–Crippen MR) is 115 cm³/mol. The summed E-state index contributed by atoms with van der Waals surface area (Å²) in [4.78, 5) is 67.3. The maximum atomic E-state index is 12.8. The van der Waals surface area contributed by atoms with Crippen molar-refractivity contribution in [1.29, 1.82) is 0 Å². The molecule has 154 valence electrons. The van der Waals surface area contributed by atoms with Gasteiger partial charge in [0.25, 0.3) is 28.8 Å². The van der Waals surface area contributed by atoms with Gasteiger partial charge in [-0.25, -0.2) is 4.90 Å². The number of imide groups is 1. The van der Waals surface area contributed by atoms with Crippen molar-refractivity contribution in [3.8, 4) is 0 Å². The van der Waals surface area contributed by atoms with Crippen molar-refractivity contribution in [1.82, 2.24) is 15.3 Å². The number of pyridine rings is 2. The van der Waals surface area contributed by atoms with E-state index in [2.05, 4.69) is 20.6 Å². The first-order chi connectivity index (χ1) is 14.9. The molecule has 3 heterocycles. The Balaban J connectivity index is 1.56. The van der Waals surface area contributed by atoms with Gasteiger partial charge in [-0.05, 0) is 54.7 Å². The Morgan fingerprint density at radius 1 is 0.871 bits per heavy atom. The van der Waals surface area contributed by atoms with Crippen LogP contribution in [-0.2, 0) is 0 Å². The third kappa shape index (κ3) is 3.65. The van der Waals surface area contributed by atoms with Crippen LogP contribution in [0.2, 0.25) is 0 Å². The van der Waals surface area contributed by atoms with Gasteiger partial charge in [-0.3, -0.25) is 29.3 Å². The molecule has 10 nitrogen and oxygen atoms in total. The summed E-state index contributed by atoms with van der Waals surface area (Å²) in [6.07, 6.45) is 2.83. The standard InChI is InChI=1S/C20H13N5O5S/c26-15(24-20(31)23-13-3-1-7-21-16(13)27)10-5-6-11-12(9-10)19(30)25(18(11)29)14-4-2-8-22-17(14)28/h1-9H,(H,21,27)(H,22,28)(H2,23,24,26,31). The van der Waals surface area contributed by atoms with Crippen LogP contribution in [0.4, 0.5) is 11.4 Å². The van der Waals surface area contributed by atoms with Crippen LogP contribution in [-0.4, -0.2) is 32.8 Å². The van der Waals surface area contributed by atoms with Crippen LogP contribution in [0.1, 0.15) is 31.1 Å². The Morgan fingerprint density at radius 3 is 2.26 bits per heavy atom. The van der Waals surface area contributed by atoms with E-state index in [0.717, 1.165) is 4.90 Å². The Hall–Kier alpha value is -4.38. The number of hydrogen-bond acceptors (Lipinski definition) is 6. The lowest BCUT2D eigenvalue weighted by molar-refractivity contribution is 0.0924. The molecule has 31 heavy (non-hydrogen) atoms. The fourth-order valence-electron chi connectivity index (χ4n) is 3.04. The summed E-state index contributed by atoms with van der Waals surface area (Å²) >= 11 is 5.05. The number of rotatable bonds is 3. The minimum atomic E-state index is -0.720. The number of aromatic amines is 2. The number of fused-ring (bicyclic) bond motifs is 1. The number of benzene rings is 1. The van der Waals surface area contributed by atoms with Gasteiger partial charge in [0.2, 0.25) is 0 Å². The van der Waals surface area contributed by atoms with Crippen LogP contribution in [0.5, 0.6) is 0 Å². The van der Waals surface area contributed by atoms with E-state index in [1.807, 2.05) is 0 Å². The molecule has 0 bridgehead atoms. The highest BCUT2D eigenvalue weighted by Gasteiger charge is 2.38. The summed E-state index contributed by atoms with van der Waals surface area (Å²) in [7, 11) is 0. The number of carbonyl (C=O) groups excluding carboxylic acids is 3. The van der Waals surface area contributed by atoms with Gasteiger partial charge in [0.15, 0.2) is 5.11 Å². The van der Waals surface area contributed by atoms with E-state index in [1.54, 1.807) is 6.07 Å². The van der Waals surface area contributed by atoms with Crippen LogP contribution >= 0.6 is 12.2 Å². The summed E-state index contributed by atoms with van der Waals surface area (Å²) < 4.78 is 0. The number of H-pyrrole nitrogens is 2. The quantitative estimate of drug-likeness (QED) is 0.355. The molecule has 0 aliphatic carbocycles. The molecule has 0 atom stereocenters. The summed E-state index contributed by atoms with van der Waals surface area (Å²) in [5, 5.41) is 4.88. The molecule has 1 aliphatic heterocycles. The van der Waals surface area contributed by atoms with Gasteiger partial charge < -0.3 is 15.3 Å². The normalized spacial score (nSPS) is 12.5. The third-order valence-electron chi connectivity index (χ3n) is 4.48. The average molecular weight is 435 g/mol. The SMILES string of the molecule is O=C(NC(=S)Nc1ccc[nH]c1=O)c1ccc2c(c1)C(=O)N(c1ccc[nH]c1=O)C2=O. The molecule has 0 saturated carbocycles. The van der Waals surface area contributed by atoms with Gasteiger partial charge in [-0.1, -0.05) is 0 Å². The molecule has 0 spiro atoms. The molecule has 0 saturated heterocycles. The second kappa shape index (κ2) is 7.80. The first-order valence-corrected chi connectivity index (χ1v) is 9.28. The fourth-order valence-corrected chi connectivity index (χ4v) is 3.24. The van der Waals surface area contributed by atoms with Gasteiger partial charge in [0, 0.05) is 18.0 Å². The van der Waals surface area contributed by atoms with E-state index in [9.17, 15) is 24.0 Å². The first kappa shape index (κ1) is 19.9. The summed E-state index contributed by atoms with van der Waals surface area (Å²) in [5.41, 5.74) is -0.862. The number of carbonyl (C=O) groups is 3. The van der Waals surface area contributed by atoms with Gasteiger partial charge in [-0.2, -0.15) is 0 Å². The van der Waals surface area contributed by atoms with Gasteiger partial charge in [0.1, 0.15) is 11.4 Å². The number of thiocarbonyl (C=S) groups is 1. The van der Waals surface area contributed by atoms with E-state index >= 15 is 0 Å². The molecule has 0 fully saturated rings. The first-order valence-electron chi connectivity index (χ1n) is 8.87. The van der Waals surface area contributed by atoms with Gasteiger partial charge in [-0.15, -0.1) is 0 Å². The van der Waals surface area contributed by atoms with Crippen molar-refractivity contribution in [3.05, 3.63) is 92.3 Å². The highest BCUT2D eigenvalue weighted by molar-refractivity contribution is 7.80. The highest BCUT2D eigenvalue weighted by atomic mass is 32.1. The summed E-state index contributed by atoms with van der Waals surface area (Å²) in [6, 6.07) is 9.85. The minimum absolute atomic E-state index is 0.0146. The van der Waals surface area contributed by atoms with Gasteiger partial charge >= 0.3 is 0 Å². The Bertz CT molecular complexity index is 1380. The molecular weight excluding hydrogens is 422 g/mol. The zero-order valence-corrected chi connectivity index (χ0v) is 16.4. The van der Waals surface area contributed by atoms with Crippen molar-refractivity contribution < 1.29 is 14.4 Å². The monoisotopic (exact) mass is 435 g/mol. The molecule has 2 aromatic heterocycles. The lowest BCUT2D eigenvalue weighted by Gasteiger charge is -2.11. The van der Waals surface area contributed by atoms with E-state index in [4.69, 9.17) is 12.2 Å². The van der Waals surface area contributed by atoms with Crippen LogP contribution in [0.25, 0.3) is 0 Å². The number of hydrogen-bond donors (Lipinski definition) is 4. The molecule has 0 radical (unpaired) electrons. The Labute approximate surface area is 178 Å². The van der Waals surface area contributed by atoms with Gasteiger partial charge in [0.05, 0.1) is 11.1 Å². The maximum Gasteiger partial charge on any atom is 0.272 e. The summed E-state index contributed by atoms with van der Waals surface area (Å²) in [5.74, 6) is -2.03. The number of aromatic nitrogens is 2. The zero-order valence-electron chi connectivity index (χ0n) is 15.6. The average Bonchev–Trinajstić information content (AvgIpc) is 3.00. The minimum Gasteiger partial charge on any atom is -0.328 e. The molecule has 4 rings (SSSR count). The van der Waals surface area contributed by atoms with Crippen LogP contribution in [0.15, 0.2) is 64.4 Å². The lowest BCUT2D eigenvalue weighted by atomic mass is 10.1. The highest BCUT2D eigenvalue weighted by Crippen LogP contribution is 2.27. The molecular formula is C20H13N5O5S. The zero-order chi connectivity index (χ0) is 22.1. The van der Waals surface area contributed by atoms with E-state index in [0.29, 0.717) is 0 Å². The number of nitrogens with one attached hydrogen (secondary N) is 4. The second-order valence-corrected chi connectivity index (χ2v) is 6.82. The van der Waals surface area contributed by atoms with Crippen molar-refractivity contribution in [2.24, 2.45) is 0 Å². The smallest absolute Gasteiger partial charge is 0.272 e. The molecule has 11 heteroatoms. The van der Waals surface area contributed by atoms with E-state index in [-0.39, 0.29) is 33.2 Å². The van der Waals surface area contributed by atoms with Crippen molar-refractivity contribution in [3.63, 3.8) is 0 Å². The van der Waals surface area contributed by atoms with Crippen LogP contribution < -0.4 is 26.7 Å². The van der Waals surface area contributed by atoms with E-state index < -0.39 is 28.8 Å². The van der Waals surface area contributed by atoms with Crippen molar-refractivity contribution in [2.75, 3.05) is 10.2 Å². The molecule has 4 N–H and O–H groups in total. The maximum absolute atomic E-state index is 12.8. The topological polar surface area (TPSA) is 144 Å². The summed E-state index contributed by atoms with van der Waals surface area (Å²) in [6.45, 7) is 0. The second-order valence-electron chi connectivity index (χ2n) is 6.41. The Kier molecular flexibility index (Phi) is 5.01. The van der Waals surface area contributed by atoms with Crippen molar-refractivity contribution in [2.45, 2.75) is 0 Å². The largest absolute Gasteiger partial charge is 0.328 e. The lowest BCUT2D eigenvalue weighted by Crippen LogP contribution is -2.35. The van der Waals surface area contributed by atoms with Crippen molar-refractivity contribution >= 4 is 46.4 Å². The molecule has 3 aromatic rings.